The van der Waals surface area contributed by atoms with E-state index in [1.54, 1.807) is 0 Å². The van der Waals surface area contributed by atoms with Crippen LogP contribution in [0.2, 0.25) is 0 Å². The highest BCUT2D eigenvalue weighted by molar-refractivity contribution is 5.57. The first-order valence-corrected chi connectivity index (χ1v) is 19.7. The van der Waals surface area contributed by atoms with E-state index >= 15 is 0 Å². The first-order valence-electron chi connectivity index (χ1n) is 19.7. The van der Waals surface area contributed by atoms with Gasteiger partial charge in [-0.05, 0) is 105 Å². The molecule has 47 heavy (non-hydrogen) atoms. The van der Waals surface area contributed by atoms with Crippen molar-refractivity contribution in [2.24, 2.45) is 5.92 Å². The average Bonchev–Trinajstić information content (AvgIpc) is 3.08. The zero-order chi connectivity index (χ0) is 33.3. The van der Waals surface area contributed by atoms with E-state index in [0.717, 1.165) is 112 Å². The fraction of sp³-hybridized carbons (Fsp3) is 0.721. The standard InChI is InChI=1S/C43H66O4/c1-42(22-12-6-13-23-42)37-30-32(18-8-4-16-26-44)28-35(40(37)46)39(34-20-10-3-11-21-34)36-29-33(19-9-5-17-27-45)31-38(41(36)47)43(2)24-14-7-15-25-43/h28-31,34,39,44-47H,3-27H2,1-2H3. The lowest BCUT2D eigenvalue weighted by Gasteiger charge is -2.39. The predicted octanol–water partition coefficient (Wildman–Crippen LogP) is 10.7. The Bertz CT molecular complexity index is 1170. The van der Waals surface area contributed by atoms with E-state index in [1.807, 2.05) is 0 Å². The largest absolute Gasteiger partial charge is 0.507 e. The number of aromatic hydroxyl groups is 2. The quantitative estimate of drug-likeness (QED) is 0.145. The molecule has 0 saturated heterocycles. The fourth-order valence-corrected chi connectivity index (χ4v) is 9.70. The Balaban J connectivity index is 1.68. The molecule has 0 radical (unpaired) electrons. The molecule has 5 rings (SSSR count). The van der Waals surface area contributed by atoms with Gasteiger partial charge in [-0.15, -0.1) is 0 Å². The van der Waals surface area contributed by atoms with E-state index in [4.69, 9.17) is 0 Å². The molecule has 0 unspecified atom stereocenters. The molecule has 3 aliphatic carbocycles. The molecule has 0 atom stereocenters. The van der Waals surface area contributed by atoms with Crippen LogP contribution in [0.4, 0.5) is 0 Å². The van der Waals surface area contributed by atoms with Crippen LogP contribution in [0.5, 0.6) is 11.5 Å². The van der Waals surface area contributed by atoms with Gasteiger partial charge in [0.2, 0.25) is 0 Å². The molecular formula is C43H66O4. The first-order chi connectivity index (χ1) is 22.8. The van der Waals surface area contributed by atoms with Crippen LogP contribution in [0, 0.1) is 5.92 Å². The molecule has 4 nitrogen and oxygen atoms in total. The molecule has 4 N–H and O–H groups in total. The van der Waals surface area contributed by atoms with Crippen molar-refractivity contribution in [3.63, 3.8) is 0 Å². The summed E-state index contributed by atoms with van der Waals surface area (Å²) in [5.41, 5.74) is 6.89. The number of rotatable bonds is 15. The van der Waals surface area contributed by atoms with Gasteiger partial charge in [0.05, 0.1) is 0 Å². The van der Waals surface area contributed by atoms with Crippen molar-refractivity contribution in [3.05, 3.63) is 57.6 Å². The van der Waals surface area contributed by atoms with Gasteiger partial charge in [0.1, 0.15) is 11.5 Å². The van der Waals surface area contributed by atoms with Crippen LogP contribution in [0.3, 0.4) is 0 Å². The van der Waals surface area contributed by atoms with Crippen molar-refractivity contribution in [1.82, 2.24) is 0 Å². The molecule has 262 valence electrons. The van der Waals surface area contributed by atoms with Gasteiger partial charge in [-0.25, -0.2) is 0 Å². The van der Waals surface area contributed by atoms with E-state index < -0.39 is 0 Å². The Labute approximate surface area is 286 Å². The molecule has 0 heterocycles. The summed E-state index contributed by atoms with van der Waals surface area (Å²) in [6, 6.07) is 9.29. The second kappa shape index (κ2) is 17.1. The summed E-state index contributed by atoms with van der Waals surface area (Å²) >= 11 is 0. The van der Waals surface area contributed by atoms with Gasteiger partial charge in [-0.2, -0.15) is 0 Å². The molecule has 0 amide bonds. The number of aliphatic hydroxyl groups is 2. The Morgan fingerprint density at radius 3 is 1.36 bits per heavy atom. The molecule has 2 aromatic carbocycles. The molecule has 0 spiro atoms. The van der Waals surface area contributed by atoms with Crippen molar-refractivity contribution in [2.45, 2.75) is 178 Å². The third-order valence-electron chi connectivity index (χ3n) is 12.7. The molecule has 3 saturated carbocycles. The smallest absolute Gasteiger partial charge is 0.123 e. The lowest BCUT2D eigenvalue weighted by molar-refractivity contribution is 0.283. The number of aliphatic hydroxyl groups excluding tert-OH is 2. The average molecular weight is 647 g/mol. The molecule has 3 fully saturated rings. The minimum atomic E-state index is -0.0398. The summed E-state index contributed by atoms with van der Waals surface area (Å²) in [7, 11) is 0. The van der Waals surface area contributed by atoms with E-state index in [-0.39, 0.29) is 30.0 Å². The number of phenols is 2. The summed E-state index contributed by atoms with van der Waals surface area (Å²) in [4.78, 5) is 0. The van der Waals surface area contributed by atoms with E-state index in [2.05, 4.69) is 38.1 Å². The van der Waals surface area contributed by atoms with Gasteiger partial charge in [-0.1, -0.05) is 109 Å². The molecule has 0 aromatic heterocycles. The molecule has 2 aromatic rings. The summed E-state index contributed by atoms with van der Waals surface area (Å²) in [6.45, 7) is 5.24. The monoisotopic (exact) mass is 646 g/mol. The van der Waals surface area contributed by atoms with Crippen molar-refractivity contribution in [2.75, 3.05) is 13.2 Å². The third kappa shape index (κ3) is 8.77. The minimum Gasteiger partial charge on any atom is -0.507 e. The predicted molar refractivity (Wildman–Crippen MR) is 195 cm³/mol. The van der Waals surface area contributed by atoms with Crippen molar-refractivity contribution >= 4 is 0 Å². The fourth-order valence-electron chi connectivity index (χ4n) is 9.70. The highest BCUT2D eigenvalue weighted by atomic mass is 16.3. The third-order valence-corrected chi connectivity index (χ3v) is 12.7. The summed E-state index contributed by atoms with van der Waals surface area (Å²) in [5.74, 6) is 1.32. The van der Waals surface area contributed by atoms with E-state index in [0.29, 0.717) is 17.4 Å². The number of phenolic OH excluding ortho intramolecular Hbond substituents is 2. The first kappa shape index (κ1) is 36.2. The number of hydrogen-bond donors (Lipinski definition) is 4. The number of hydrogen-bond acceptors (Lipinski definition) is 4. The Morgan fingerprint density at radius 1 is 0.553 bits per heavy atom. The van der Waals surface area contributed by atoms with Crippen LogP contribution in [0.1, 0.15) is 188 Å². The second-order valence-corrected chi connectivity index (χ2v) is 16.3. The van der Waals surface area contributed by atoms with Gasteiger partial charge in [0, 0.05) is 41.4 Å². The zero-order valence-electron chi connectivity index (χ0n) is 29.9. The maximum absolute atomic E-state index is 12.5. The highest BCUT2D eigenvalue weighted by Gasteiger charge is 2.39. The van der Waals surface area contributed by atoms with Gasteiger partial charge >= 0.3 is 0 Å². The highest BCUT2D eigenvalue weighted by Crippen LogP contribution is 2.53. The maximum atomic E-state index is 12.5. The summed E-state index contributed by atoms with van der Waals surface area (Å²) in [5, 5.41) is 43.8. The van der Waals surface area contributed by atoms with Crippen LogP contribution < -0.4 is 0 Å². The summed E-state index contributed by atoms with van der Waals surface area (Å²) in [6.07, 6.45) is 25.4. The SMILES string of the molecule is CC1(c2cc(CCCCCO)cc(C(c3cc(CCCCCO)cc(C4(C)CCCCC4)c3O)C3CCCCC3)c2O)CCCCC1. The normalized spacial score (nSPS) is 20.1. The van der Waals surface area contributed by atoms with Gasteiger partial charge in [0.25, 0.3) is 0 Å². The van der Waals surface area contributed by atoms with Gasteiger partial charge in [-0.3, -0.25) is 0 Å². The van der Waals surface area contributed by atoms with Crippen molar-refractivity contribution in [3.8, 4) is 11.5 Å². The van der Waals surface area contributed by atoms with Crippen LogP contribution in [0.25, 0.3) is 0 Å². The van der Waals surface area contributed by atoms with E-state index in [9.17, 15) is 20.4 Å². The van der Waals surface area contributed by atoms with Gasteiger partial charge in [0.15, 0.2) is 0 Å². The number of benzene rings is 2. The Hall–Kier alpha value is -2.04. The molecule has 0 bridgehead atoms. The van der Waals surface area contributed by atoms with Crippen LogP contribution in [-0.4, -0.2) is 33.6 Å². The number of unbranched alkanes of at least 4 members (excludes halogenated alkanes) is 4. The minimum absolute atomic E-state index is 0.0351. The molecule has 0 aliphatic heterocycles. The second-order valence-electron chi connectivity index (χ2n) is 16.3. The lowest BCUT2D eigenvalue weighted by atomic mass is 9.66. The Kier molecular flexibility index (Phi) is 13.2. The van der Waals surface area contributed by atoms with Crippen molar-refractivity contribution in [1.29, 1.82) is 0 Å². The molecular weight excluding hydrogens is 580 g/mol. The van der Waals surface area contributed by atoms with Crippen LogP contribution >= 0.6 is 0 Å². The van der Waals surface area contributed by atoms with E-state index in [1.165, 1.54) is 68.9 Å². The Morgan fingerprint density at radius 2 is 0.957 bits per heavy atom. The maximum Gasteiger partial charge on any atom is 0.123 e. The van der Waals surface area contributed by atoms with Gasteiger partial charge < -0.3 is 20.4 Å². The number of aryl methyl sites for hydroxylation is 2. The van der Waals surface area contributed by atoms with Crippen molar-refractivity contribution < 1.29 is 20.4 Å². The topological polar surface area (TPSA) is 80.9 Å². The van der Waals surface area contributed by atoms with Crippen LogP contribution in [0.15, 0.2) is 24.3 Å². The van der Waals surface area contributed by atoms with Crippen LogP contribution in [-0.2, 0) is 23.7 Å². The zero-order valence-corrected chi connectivity index (χ0v) is 29.9. The lowest BCUT2D eigenvalue weighted by Crippen LogP contribution is -2.27. The molecule has 3 aliphatic rings. The molecule has 4 heteroatoms. The summed E-state index contributed by atoms with van der Waals surface area (Å²) < 4.78 is 0.